The number of hydrogen-bond acceptors (Lipinski definition) is 3. The van der Waals surface area contributed by atoms with Crippen LogP contribution in [0.1, 0.15) is 367 Å². The lowest BCUT2D eigenvalue weighted by Crippen LogP contribution is -2.45. The summed E-state index contributed by atoms with van der Waals surface area (Å²) in [7, 11) is 0. The van der Waals surface area contributed by atoms with Crippen LogP contribution in [-0.2, 0) is 4.79 Å². The average molecular weight is 1020 g/mol. The zero-order valence-corrected chi connectivity index (χ0v) is 49.7. The Labute approximate surface area is 458 Å². The first-order valence-electron chi connectivity index (χ1n) is 33.3. The van der Waals surface area contributed by atoms with Crippen molar-refractivity contribution >= 4 is 5.91 Å². The minimum atomic E-state index is -0.661. The number of amides is 1. The number of aliphatic hydroxyl groups is 2. The van der Waals surface area contributed by atoms with Gasteiger partial charge in [0.1, 0.15) is 0 Å². The van der Waals surface area contributed by atoms with Gasteiger partial charge >= 0.3 is 0 Å². The van der Waals surface area contributed by atoms with Crippen molar-refractivity contribution in [1.82, 2.24) is 5.32 Å². The van der Waals surface area contributed by atoms with Crippen LogP contribution in [0, 0.1) is 0 Å². The number of hydrogen-bond donors (Lipinski definition) is 3. The lowest BCUT2D eigenvalue weighted by atomic mass is 10.0. The Bertz CT molecular complexity index is 1160. The lowest BCUT2D eigenvalue weighted by Gasteiger charge is -2.22. The summed E-state index contributed by atoms with van der Waals surface area (Å²) in [6.07, 6.45) is 90.1. The number of nitrogens with one attached hydrogen (secondary N) is 1. The molecule has 0 heterocycles. The maximum atomic E-state index is 12.6. The average Bonchev–Trinajstić information content (AvgIpc) is 3.40. The molecule has 1 amide bonds. The van der Waals surface area contributed by atoms with Gasteiger partial charge in [-0.15, -0.1) is 0 Å². The quantitative estimate of drug-likeness (QED) is 0.0420. The van der Waals surface area contributed by atoms with Crippen molar-refractivity contribution < 1.29 is 15.0 Å². The molecule has 2 unspecified atom stereocenters. The van der Waals surface area contributed by atoms with E-state index in [4.69, 9.17) is 0 Å². The topological polar surface area (TPSA) is 69.6 Å². The molecular weight excluding hydrogens is 891 g/mol. The number of rotatable bonds is 62. The van der Waals surface area contributed by atoms with E-state index in [0.717, 1.165) is 51.4 Å². The Morgan fingerprint density at radius 3 is 0.904 bits per heavy atom. The van der Waals surface area contributed by atoms with Crippen molar-refractivity contribution in [1.29, 1.82) is 0 Å². The third kappa shape index (κ3) is 61.1. The fourth-order valence-electron chi connectivity index (χ4n) is 10.6. The second-order valence-electron chi connectivity index (χ2n) is 22.9. The predicted molar refractivity (Wildman–Crippen MR) is 327 cm³/mol. The predicted octanol–water partition coefficient (Wildman–Crippen LogP) is 22.5. The third-order valence-electron chi connectivity index (χ3n) is 15.6. The first-order valence-corrected chi connectivity index (χ1v) is 33.3. The van der Waals surface area contributed by atoms with E-state index in [1.807, 2.05) is 0 Å². The van der Waals surface area contributed by atoms with Crippen molar-refractivity contribution in [2.75, 3.05) is 6.61 Å². The monoisotopic (exact) mass is 1020 g/mol. The van der Waals surface area contributed by atoms with E-state index in [9.17, 15) is 15.0 Å². The van der Waals surface area contributed by atoms with Crippen molar-refractivity contribution in [3.05, 3.63) is 48.6 Å². The molecule has 0 bridgehead atoms. The first kappa shape index (κ1) is 71.3. The molecule has 430 valence electrons. The van der Waals surface area contributed by atoms with E-state index >= 15 is 0 Å². The molecular formula is C69H131NO3. The molecule has 73 heavy (non-hydrogen) atoms. The van der Waals surface area contributed by atoms with Crippen LogP contribution in [0.25, 0.3) is 0 Å². The molecule has 4 heteroatoms. The number of aliphatic hydroxyl groups excluding tert-OH is 2. The number of unbranched alkanes of at least 4 members (excludes halogenated alkanes) is 47. The molecule has 0 spiro atoms. The van der Waals surface area contributed by atoms with Gasteiger partial charge < -0.3 is 15.5 Å². The van der Waals surface area contributed by atoms with Crippen LogP contribution in [0.4, 0.5) is 0 Å². The zero-order chi connectivity index (χ0) is 52.7. The van der Waals surface area contributed by atoms with Gasteiger partial charge in [0.25, 0.3) is 0 Å². The van der Waals surface area contributed by atoms with Gasteiger partial charge in [-0.25, -0.2) is 0 Å². The Hall–Kier alpha value is -1.65. The SMILES string of the molecule is CC/C=C\C/C=C\C/C=C\C/C=C\CCCCCCCCCCCCCCCCCCCCC(=O)NC(CO)C(O)CCCCCCCCCCCCCCCCCCCCCCCCCCCCCCCC. The maximum absolute atomic E-state index is 12.6. The molecule has 0 fully saturated rings. The van der Waals surface area contributed by atoms with Crippen LogP contribution in [0.15, 0.2) is 48.6 Å². The zero-order valence-electron chi connectivity index (χ0n) is 49.7. The molecule has 0 aliphatic carbocycles. The number of allylic oxidation sites excluding steroid dienone is 8. The van der Waals surface area contributed by atoms with E-state index < -0.39 is 12.1 Å². The summed E-state index contributed by atoms with van der Waals surface area (Å²) in [5, 5.41) is 23.5. The van der Waals surface area contributed by atoms with Gasteiger partial charge in [-0.1, -0.05) is 358 Å². The van der Waals surface area contributed by atoms with Gasteiger partial charge in [0, 0.05) is 6.42 Å². The molecule has 0 aliphatic heterocycles. The van der Waals surface area contributed by atoms with Gasteiger partial charge in [0.05, 0.1) is 18.8 Å². The summed E-state index contributed by atoms with van der Waals surface area (Å²) < 4.78 is 0. The molecule has 0 aromatic heterocycles. The molecule has 0 aliphatic rings. The smallest absolute Gasteiger partial charge is 0.220 e. The van der Waals surface area contributed by atoms with Crippen LogP contribution in [-0.4, -0.2) is 34.9 Å². The highest BCUT2D eigenvalue weighted by atomic mass is 16.3. The lowest BCUT2D eigenvalue weighted by molar-refractivity contribution is -0.123. The summed E-state index contributed by atoms with van der Waals surface area (Å²) in [6.45, 7) is 4.29. The molecule has 0 radical (unpaired) electrons. The molecule has 0 aromatic carbocycles. The first-order chi connectivity index (χ1) is 36.2. The Balaban J connectivity index is 3.40. The van der Waals surface area contributed by atoms with Crippen molar-refractivity contribution in [3.8, 4) is 0 Å². The maximum Gasteiger partial charge on any atom is 0.220 e. The van der Waals surface area contributed by atoms with Crippen LogP contribution < -0.4 is 5.32 Å². The van der Waals surface area contributed by atoms with Crippen LogP contribution >= 0.6 is 0 Å². The van der Waals surface area contributed by atoms with Gasteiger partial charge in [0.15, 0.2) is 0 Å². The Morgan fingerprint density at radius 1 is 0.342 bits per heavy atom. The highest BCUT2D eigenvalue weighted by Crippen LogP contribution is 2.19. The fraction of sp³-hybridized carbons (Fsp3) is 0.870. The van der Waals surface area contributed by atoms with Crippen molar-refractivity contribution in [2.45, 2.75) is 379 Å². The summed E-state index contributed by atoms with van der Waals surface area (Å²) in [6, 6.07) is -0.538. The summed E-state index contributed by atoms with van der Waals surface area (Å²) in [5.41, 5.74) is 0. The minimum Gasteiger partial charge on any atom is -0.394 e. The van der Waals surface area contributed by atoms with Crippen molar-refractivity contribution in [2.24, 2.45) is 0 Å². The summed E-state index contributed by atoms with van der Waals surface area (Å²) in [5.74, 6) is -0.0250. The molecule has 3 N–H and O–H groups in total. The second kappa shape index (κ2) is 64.6. The Morgan fingerprint density at radius 2 is 0.603 bits per heavy atom. The van der Waals surface area contributed by atoms with E-state index in [1.165, 1.54) is 289 Å². The number of carbonyl (C=O) groups excluding carboxylic acids is 1. The second-order valence-corrected chi connectivity index (χ2v) is 22.9. The van der Waals surface area contributed by atoms with Gasteiger partial charge in [-0.05, 0) is 51.4 Å². The molecule has 0 rings (SSSR count). The van der Waals surface area contributed by atoms with Gasteiger partial charge in [0.2, 0.25) is 5.91 Å². The largest absolute Gasteiger partial charge is 0.394 e. The summed E-state index contributed by atoms with van der Waals surface area (Å²) >= 11 is 0. The molecule has 0 saturated heterocycles. The van der Waals surface area contributed by atoms with E-state index in [2.05, 4.69) is 67.8 Å². The number of carbonyl (C=O) groups is 1. The highest BCUT2D eigenvalue weighted by molar-refractivity contribution is 5.76. The molecule has 0 aromatic rings. The van der Waals surface area contributed by atoms with E-state index in [-0.39, 0.29) is 12.5 Å². The molecule has 0 saturated carbocycles. The van der Waals surface area contributed by atoms with E-state index in [0.29, 0.717) is 12.8 Å². The van der Waals surface area contributed by atoms with Crippen LogP contribution in [0.3, 0.4) is 0 Å². The van der Waals surface area contributed by atoms with Crippen LogP contribution in [0.2, 0.25) is 0 Å². The standard InChI is InChI=1S/C69H131NO3/c1-3-5-7-9-11-13-15-17-19-21-23-25-27-29-31-33-35-37-39-41-43-45-47-49-51-53-55-57-59-61-63-65-69(73)70-67(66-71)68(72)64-62-60-58-56-54-52-50-48-46-44-42-40-38-36-34-32-30-28-26-24-22-20-18-16-14-12-10-8-6-4-2/h5,7,11,13,17,19,23,25,67-68,71-72H,3-4,6,8-10,12,14-16,18,20-22,24,26-66H2,1-2H3,(H,70,73)/b7-5-,13-11-,19-17-,25-23-. The Kier molecular flexibility index (Phi) is 63.2. The summed E-state index contributed by atoms with van der Waals surface area (Å²) in [4.78, 5) is 12.6. The van der Waals surface area contributed by atoms with Crippen molar-refractivity contribution in [3.63, 3.8) is 0 Å². The normalized spacial score (nSPS) is 13.0. The van der Waals surface area contributed by atoms with E-state index in [1.54, 1.807) is 0 Å². The highest BCUT2D eigenvalue weighted by Gasteiger charge is 2.20. The van der Waals surface area contributed by atoms with Gasteiger partial charge in [-0.3, -0.25) is 4.79 Å². The third-order valence-corrected chi connectivity index (χ3v) is 15.6. The van der Waals surface area contributed by atoms with Gasteiger partial charge in [-0.2, -0.15) is 0 Å². The van der Waals surface area contributed by atoms with Crippen LogP contribution in [0.5, 0.6) is 0 Å². The minimum absolute atomic E-state index is 0.0250. The molecule has 4 nitrogen and oxygen atoms in total. The fourth-order valence-corrected chi connectivity index (χ4v) is 10.6. The molecule has 2 atom stereocenters.